The number of likely N-dealkylation sites (N-methyl/N-ethyl adjacent to an activating group) is 1. The SMILES string of the molecule is CC(NC(=O)NCC1(C(=O)O)CCCC1)C(=O)N(C)C. The van der Waals surface area contributed by atoms with Crippen LogP contribution in [0, 0.1) is 5.41 Å². The molecule has 0 heterocycles. The van der Waals surface area contributed by atoms with Crippen LogP contribution in [0.15, 0.2) is 0 Å². The van der Waals surface area contributed by atoms with Gasteiger partial charge in [-0.25, -0.2) is 4.79 Å². The largest absolute Gasteiger partial charge is 0.481 e. The highest BCUT2D eigenvalue weighted by atomic mass is 16.4. The first-order valence-corrected chi connectivity index (χ1v) is 6.77. The van der Waals surface area contributed by atoms with Crippen molar-refractivity contribution in [1.82, 2.24) is 15.5 Å². The Labute approximate surface area is 118 Å². The topological polar surface area (TPSA) is 98.7 Å². The molecule has 7 nitrogen and oxygen atoms in total. The van der Waals surface area contributed by atoms with Gasteiger partial charge in [-0.2, -0.15) is 0 Å². The summed E-state index contributed by atoms with van der Waals surface area (Å²) in [6.45, 7) is 1.68. The maximum absolute atomic E-state index is 11.7. The Morgan fingerprint density at radius 2 is 1.80 bits per heavy atom. The average Bonchev–Trinajstić information content (AvgIpc) is 2.85. The van der Waals surface area contributed by atoms with E-state index in [1.807, 2.05) is 0 Å². The van der Waals surface area contributed by atoms with Gasteiger partial charge >= 0.3 is 12.0 Å². The van der Waals surface area contributed by atoms with Crippen molar-refractivity contribution in [1.29, 1.82) is 0 Å². The summed E-state index contributed by atoms with van der Waals surface area (Å²) in [5, 5.41) is 14.4. The lowest BCUT2D eigenvalue weighted by Gasteiger charge is -2.25. The number of carboxylic acid groups (broad SMARTS) is 1. The van der Waals surface area contributed by atoms with Crippen molar-refractivity contribution in [3.05, 3.63) is 0 Å². The molecular formula is C13H23N3O4. The summed E-state index contributed by atoms with van der Waals surface area (Å²) in [6.07, 6.45) is 2.89. The molecule has 114 valence electrons. The van der Waals surface area contributed by atoms with E-state index in [0.29, 0.717) is 12.8 Å². The Hall–Kier alpha value is -1.79. The number of urea groups is 1. The van der Waals surface area contributed by atoms with E-state index in [4.69, 9.17) is 0 Å². The van der Waals surface area contributed by atoms with Crippen molar-refractivity contribution >= 4 is 17.9 Å². The zero-order valence-corrected chi connectivity index (χ0v) is 12.2. The predicted octanol–water partition coefficient (Wildman–Crippen LogP) is 0.407. The molecule has 3 amide bonds. The van der Waals surface area contributed by atoms with Crippen molar-refractivity contribution in [2.45, 2.75) is 38.6 Å². The lowest BCUT2D eigenvalue weighted by molar-refractivity contribution is -0.148. The minimum absolute atomic E-state index is 0.0943. The number of carbonyl (C=O) groups excluding carboxylic acids is 2. The lowest BCUT2D eigenvalue weighted by atomic mass is 9.86. The second-order valence-electron chi connectivity index (χ2n) is 5.57. The summed E-state index contributed by atoms with van der Waals surface area (Å²) in [7, 11) is 3.22. The fourth-order valence-corrected chi connectivity index (χ4v) is 2.46. The summed E-state index contributed by atoms with van der Waals surface area (Å²) in [5.74, 6) is -1.08. The van der Waals surface area contributed by atoms with Crippen molar-refractivity contribution in [3.8, 4) is 0 Å². The Balaban J connectivity index is 2.47. The Morgan fingerprint density at radius 3 is 2.25 bits per heavy atom. The molecule has 1 aliphatic rings. The first-order chi connectivity index (χ1) is 9.28. The van der Waals surface area contributed by atoms with Gasteiger partial charge in [-0.05, 0) is 19.8 Å². The molecule has 0 spiro atoms. The van der Waals surface area contributed by atoms with E-state index in [1.54, 1.807) is 21.0 Å². The number of nitrogens with zero attached hydrogens (tertiary/aromatic N) is 1. The molecule has 7 heteroatoms. The fraction of sp³-hybridized carbons (Fsp3) is 0.769. The summed E-state index contributed by atoms with van der Waals surface area (Å²) in [5.41, 5.74) is -0.855. The van der Waals surface area contributed by atoms with Crippen LogP contribution in [0.5, 0.6) is 0 Å². The van der Waals surface area contributed by atoms with Gasteiger partial charge in [-0.1, -0.05) is 12.8 Å². The van der Waals surface area contributed by atoms with Crippen LogP contribution in [-0.4, -0.2) is 54.6 Å². The third-order valence-corrected chi connectivity index (χ3v) is 3.76. The fourth-order valence-electron chi connectivity index (χ4n) is 2.46. The number of carboxylic acids is 1. The average molecular weight is 285 g/mol. The predicted molar refractivity (Wildman–Crippen MR) is 73.2 cm³/mol. The molecule has 0 aromatic heterocycles. The van der Waals surface area contributed by atoms with Gasteiger partial charge in [-0.15, -0.1) is 0 Å². The van der Waals surface area contributed by atoms with E-state index < -0.39 is 23.5 Å². The van der Waals surface area contributed by atoms with Gasteiger partial charge in [-0.3, -0.25) is 9.59 Å². The number of nitrogens with one attached hydrogen (secondary N) is 2. The second kappa shape index (κ2) is 6.58. The first-order valence-electron chi connectivity index (χ1n) is 6.77. The van der Waals surface area contributed by atoms with E-state index in [1.165, 1.54) is 4.90 Å². The molecule has 3 N–H and O–H groups in total. The van der Waals surface area contributed by atoms with Crippen LogP contribution >= 0.6 is 0 Å². The molecule has 0 radical (unpaired) electrons. The number of aliphatic carboxylic acids is 1. The Bertz CT molecular complexity index is 389. The number of rotatable bonds is 5. The Morgan fingerprint density at radius 1 is 1.25 bits per heavy atom. The number of carbonyl (C=O) groups is 3. The summed E-state index contributed by atoms with van der Waals surface area (Å²) in [4.78, 5) is 36.0. The van der Waals surface area contributed by atoms with E-state index in [2.05, 4.69) is 10.6 Å². The molecule has 1 saturated carbocycles. The molecule has 1 atom stereocenters. The molecule has 1 fully saturated rings. The highest BCUT2D eigenvalue weighted by molar-refractivity contribution is 5.86. The van der Waals surface area contributed by atoms with Crippen LogP contribution < -0.4 is 10.6 Å². The highest BCUT2D eigenvalue weighted by Crippen LogP contribution is 2.37. The van der Waals surface area contributed by atoms with Crippen molar-refractivity contribution < 1.29 is 19.5 Å². The van der Waals surface area contributed by atoms with Gasteiger partial charge < -0.3 is 20.6 Å². The standard InChI is InChI=1S/C13H23N3O4/c1-9(10(17)16(2)3)15-12(20)14-8-13(11(18)19)6-4-5-7-13/h9H,4-8H2,1-3H3,(H,18,19)(H2,14,15,20). The molecule has 0 aromatic carbocycles. The zero-order chi connectivity index (χ0) is 15.3. The molecule has 0 aromatic rings. The monoisotopic (exact) mass is 285 g/mol. The molecule has 0 aliphatic heterocycles. The molecule has 0 saturated heterocycles. The van der Waals surface area contributed by atoms with E-state index >= 15 is 0 Å². The maximum Gasteiger partial charge on any atom is 0.315 e. The van der Waals surface area contributed by atoms with Gasteiger partial charge in [0.15, 0.2) is 0 Å². The van der Waals surface area contributed by atoms with Gasteiger partial charge in [0.2, 0.25) is 5.91 Å². The van der Waals surface area contributed by atoms with Crippen LogP contribution in [0.1, 0.15) is 32.6 Å². The highest BCUT2D eigenvalue weighted by Gasteiger charge is 2.41. The quantitative estimate of drug-likeness (QED) is 0.681. The maximum atomic E-state index is 11.7. The molecule has 0 bridgehead atoms. The van der Waals surface area contributed by atoms with Gasteiger partial charge in [0.05, 0.1) is 5.41 Å². The molecular weight excluding hydrogens is 262 g/mol. The molecule has 1 rings (SSSR count). The zero-order valence-electron chi connectivity index (χ0n) is 12.2. The van der Waals surface area contributed by atoms with Crippen LogP contribution in [0.4, 0.5) is 4.79 Å². The Kier molecular flexibility index (Phi) is 5.35. The van der Waals surface area contributed by atoms with Gasteiger partial charge in [0.1, 0.15) is 6.04 Å². The van der Waals surface area contributed by atoms with Crippen LogP contribution in [-0.2, 0) is 9.59 Å². The number of hydrogen-bond acceptors (Lipinski definition) is 3. The van der Waals surface area contributed by atoms with Crippen LogP contribution in [0.3, 0.4) is 0 Å². The molecule has 1 unspecified atom stereocenters. The number of amides is 3. The van der Waals surface area contributed by atoms with Gasteiger partial charge in [0.25, 0.3) is 0 Å². The van der Waals surface area contributed by atoms with Crippen LogP contribution in [0.25, 0.3) is 0 Å². The van der Waals surface area contributed by atoms with E-state index in [-0.39, 0.29) is 12.5 Å². The van der Waals surface area contributed by atoms with Crippen molar-refractivity contribution in [3.63, 3.8) is 0 Å². The minimum atomic E-state index is -0.868. The number of hydrogen-bond donors (Lipinski definition) is 3. The van der Waals surface area contributed by atoms with Crippen molar-refractivity contribution in [2.24, 2.45) is 5.41 Å². The van der Waals surface area contributed by atoms with Gasteiger partial charge in [0, 0.05) is 20.6 Å². The van der Waals surface area contributed by atoms with E-state index in [0.717, 1.165) is 12.8 Å². The second-order valence-corrected chi connectivity index (χ2v) is 5.57. The summed E-state index contributed by atoms with van der Waals surface area (Å²) in [6, 6.07) is -1.16. The normalized spacial score (nSPS) is 18.1. The molecule has 1 aliphatic carbocycles. The van der Waals surface area contributed by atoms with Crippen LogP contribution in [0.2, 0.25) is 0 Å². The smallest absolute Gasteiger partial charge is 0.315 e. The van der Waals surface area contributed by atoms with E-state index in [9.17, 15) is 19.5 Å². The third-order valence-electron chi connectivity index (χ3n) is 3.76. The third kappa shape index (κ3) is 3.85. The lowest BCUT2D eigenvalue weighted by Crippen LogP contribution is -2.50. The minimum Gasteiger partial charge on any atom is -0.481 e. The summed E-state index contributed by atoms with van der Waals surface area (Å²) < 4.78 is 0. The first kappa shape index (κ1) is 16.3. The van der Waals surface area contributed by atoms with Crippen molar-refractivity contribution in [2.75, 3.05) is 20.6 Å². The summed E-state index contributed by atoms with van der Waals surface area (Å²) >= 11 is 0. The molecule has 20 heavy (non-hydrogen) atoms.